The highest BCUT2D eigenvalue weighted by Crippen LogP contribution is 2.42. The van der Waals surface area contributed by atoms with Crippen molar-refractivity contribution in [1.29, 1.82) is 0 Å². The Kier molecular flexibility index (Phi) is 6.77. The Morgan fingerprint density at radius 3 is 2.63 bits per heavy atom. The van der Waals surface area contributed by atoms with Gasteiger partial charge < -0.3 is 19.5 Å². The molecule has 2 aromatic rings. The highest BCUT2D eigenvalue weighted by atomic mass is 32.1. The van der Waals surface area contributed by atoms with Crippen LogP contribution in [0.4, 0.5) is 5.13 Å². The smallest absolute Gasteiger partial charge is 0.342 e. The molecule has 0 saturated heterocycles. The van der Waals surface area contributed by atoms with E-state index < -0.39 is 0 Å². The van der Waals surface area contributed by atoms with Crippen LogP contribution in [0, 0.1) is 13.8 Å². The number of thiazole rings is 1. The predicted molar refractivity (Wildman–Crippen MR) is 116 cm³/mol. The van der Waals surface area contributed by atoms with E-state index in [0.29, 0.717) is 41.5 Å². The molecule has 1 aliphatic rings. The Morgan fingerprint density at radius 1 is 1.27 bits per heavy atom. The number of methoxy groups -OCH3 is 2. The second kappa shape index (κ2) is 9.30. The molecule has 1 N–H and O–H groups in total. The van der Waals surface area contributed by atoms with Crippen molar-refractivity contribution >= 4 is 28.3 Å². The second-order valence-corrected chi connectivity index (χ2v) is 8.41. The minimum Gasteiger partial charge on any atom is -0.496 e. The van der Waals surface area contributed by atoms with E-state index in [1.807, 2.05) is 26.8 Å². The highest BCUT2D eigenvalue weighted by molar-refractivity contribution is 7.15. The fraction of sp³-hybridized carbons (Fsp3) is 0.409. The maximum atomic E-state index is 12.2. The number of nitrogens with one attached hydrogen (secondary N) is 1. The van der Waals surface area contributed by atoms with E-state index in [1.165, 1.54) is 11.3 Å². The van der Waals surface area contributed by atoms with Crippen molar-refractivity contribution in [3.63, 3.8) is 0 Å². The fourth-order valence-electron chi connectivity index (χ4n) is 3.52. The van der Waals surface area contributed by atoms with E-state index in [-0.39, 0.29) is 18.5 Å². The number of aryl methyl sites for hydroxylation is 1. The van der Waals surface area contributed by atoms with E-state index >= 15 is 0 Å². The number of hydrogen-bond donors (Lipinski definition) is 1. The third kappa shape index (κ3) is 4.48. The van der Waals surface area contributed by atoms with Crippen molar-refractivity contribution in [2.75, 3.05) is 19.5 Å². The number of carbonyl (C=O) groups is 2. The van der Waals surface area contributed by atoms with Crippen molar-refractivity contribution in [1.82, 2.24) is 4.98 Å². The topological polar surface area (TPSA) is 86.8 Å². The molecule has 0 atom stereocenters. The van der Waals surface area contributed by atoms with Gasteiger partial charge in [-0.1, -0.05) is 11.6 Å². The first kappa shape index (κ1) is 21.8. The molecule has 3 rings (SSSR count). The van der Waals surface area contributed by atoms with Crippen molar-refractivity contribution in [3.05, 3.63) is 45.0 Å². The van der Waals surface area contributed by atoms with Crippen LogP contribution in [-0.2, 0) is 22.6 Å². The third-order valence-electron chi connectivity index (χ3n) is 5.10. The van der Waals surface area contributed by atoms with Gasteiger partial charge in [0.1, 0.15) is 23.7 Å². The van der Waals surface area contributed by atoms with Gasteiger partial charge in [-0.3, -0.25) is 4.79 Å². The minimum absolute atomic E-state index is 0.0663. The molecule has 0 radical (unpaired) electrons. The summed E-state index contributed by atoms with van der Waals surface area (Å²) in [4.78, 5) is 29.6. The number of fused-ring (bicyclic) bond motifs is 1. The van der Waals surface area contributed by atoms with Crippen LogP contribution in [0.25, 0.3) is 0 Å². The number of benzene rings is 1. The Hall–Kier alpha value is -2.87. The van der Waals surface area contributed by atoms with E-state index in [2.05, 4.69) is 10.3 Å². The molecule has 30 heavy (non-hydrogen) atoms. The van der Waals surface area contributed by atoms with Crippen molar-refractivity contribution in [3.8, 4) is 11.5 Å². The second-order valence-electron chi connectivity index (χ2n) is 7.18. The molecular weight excluding hydrogens is 404 g/mol. The molecule has 1 aliphatic heterocycles. The average molecular weight is 431 g/mol. The molecule has 0 aliphatic carbocycles. The summed E-state index contributed by atoms with van der Waals surface area (Å²) in [6.45, 7) is 6.08. The lowest BCUT2D eigenvalue weighted by Crippen LogP contribution is -2.11. The Morgan fingerprint density at radius 2 is 2.00 bits per heavy atom. The number of carbonyl (C=O) groups excluding carboxylic acids is 2. The van der Waals surface area contributed by atoms with Crippen molar-refractivity contribution in [2.24, 2.45) is 0 Å². The summed E-state index contributed by atoms with van der Waals surface area (Å²) in [5.74, 6) is 0.757. The van der Waals surface area contributed by atoms with Gasteiger partial charge in [0.05, 0.1) is 14.2 Å². The summed E-state index contributed by atoms with van der Waals surface area (Å²) in [5, 5.41) is 3.44. The van der Waals surface area contributed by atoms with Crippen LogP contribution in [0.15, 0.2) is 17.8 Å². The minimum atomic E-state index is -0.372. The van der Waals surface area contributed by atoms with Crippen LogP contribution in [0.5, 0.6) is 11.5 Å². The van der Waals surface area contributed by atoms with Crippen LogP contribution < -0.4 is 14.8 Å². The molecule has 0 spiro atoms. The summed E-state index contributed by atoms with van der Waals surface area (Å²) in [7, 11) is 3.15. The molecule has 1 aromatic carbocycles. The summed E-state index contributed by atoms with van der Waals surface area (Å²) in [6, 6.07) is 0. The number of aromatic nitrogens is 1. The van der Waals surface area contributed by atoms with Crippen LogP contribution >= 0.6 is 11.3 Å². The molecular formula is C22H26N2O5S. The number of amides is 1. The van der Waals surface area contributed by atoms with E-state index in [0.717, 1.165) is 27.1 Å². The number of esters is 1. The molecule has 8 heteroatoms. The summed E-state index contributed by atoms with van der Waals surface area (Å²) >= 11 is 1.45. The van der Waals surface area contributed by atoms with E-state index in [1.54, 1.807) is 20.4 Å². The number of nitrogens with zero attached hydrogens (tertiary/aromatic N) is 1. The van der Waals surface area contributed by atoms with Gasteiger partial charge in [-0.2, -0.15) is 0 Å². The third-order valence-corrected chi connectivity index (χ3v) is 5.93. The van der Waals surface area contributed by atoms with Crippen molar-refractivity contribution < 1.29 is 23.8 Å². The fourth-order valence-corrected chi connectivity index (χ4v) is 4.20. The van der Waals surface area contributed by atoms with Crippen molar-refractivity contribution in [2.45, 2.75) is 46.6 Å². The normalized spacial score (nSPS) is 13.1. The van der Waals surface area contributed by atoms with Gasteiger partial charge in [-0.15, -0.1) is 11.3 Å². The molecule has 2 heterocycles. The van der Waals surface area contributed by atoms with Gasteiger partial charge in [0, 0.05) is 28.6 Å². The number of anilines is 1. The first-order chi connectivity index (χ1) is 14.3. The lowest BCUT2D eigenvalue weighted by Gasteiger charge is -2.18. The molecule has 1 amide bonds. The zero-order valence-electron chi connectivity index (χ0n) is 17.9. The van der Waals surface area contributed by atoms with Gasteiger partial charge in [-0.25, -0.2) is 9.78 Å². The quantitative estimate of drug-likeness (QED) is 0.495. The lowest BCUT2D eigenvalue weighted by molar-refractivity contribution is -0.116. The maximum absolute atomic E-state index is 12.2. The summed E-state index contributed by atoms with van der Waals surface area (Å²) in [5.41, 5.74) is 4.04. The Labute approximate surface area is 180 Å². The first-order valence-corrected chi connectivity index (χ1v) is 10.5. The first-order valence-electron chi connectivity index (χ1n) is 9.67. The van der Waals surface area contributed by atoms with Crippen LogP contribution in [-0.4, -0.2) is 31.1 Å². The standard InChI is InChI=1S/C22H26N2O5S/c1-12(7-9-17(25)24-22-23-10-13(2)30-22)6-8-15-19(27-4)14(3)16-11-29-21(26)18(16)20(15)28-5/h6,10H,7-9,11H2,1-5H3,(H,23,24,25)/b12-6+. The number of rotatable bonds is 8. The zero-order chi connectivity index (χ0) is 21.8. The van der Waals surface area contributed by atoms with Gasteiger partial charge in [0.25, 0.3) is 0 Å². The van der Waals surface area contributed by atoms with Crippen LogP contribution in [0.2, 0.25) is 0 Å². The van der Waals surface area contributed by atoms with Crippen LogP contribution in [0.3, 0.4) is 0 Å². The Balaban J connectivity index is 1.73. The van der Waals surface area contributed by atoms with Gasteiger partial charge >= 0.3 is 5.97 Å². The summed E-state index contributed by atoms with van der Waals surface area (Å²) in [6.07, 6.45) is 5.28. The van der Waals surface area contributed by atoms with Gasteiger partial charge in [0.2, 0.25) is 5.91 Å². The largest absolute Gasteiger partial charge is 0.496 e. The molecule has 0 unspecified atom stereocenters. The SMILES string of the molecule is COc1c(C)c2c(c(OC)c1C/C=C(\C)CCC(=O)Nc1ncc(C)s1)C(=O)OC2. The number of allylic oxidation sites excluding steroid dienone is 2. The predicted octanol–water partition coefficient (Wildman–Crippen LogP) is 4.36. The monoisotopic (exact) mass is 430 g/mol. The lowest BCUT2D eigenvalue weighted by atomic mass is 9.94. The zero-order valence-corrected chi connectivity index (χ0v) is 18.7. The van der Waals surface area contributed by atoms with Gasteiger partial charge in [-0.05, 0) is 39.2 Å². The summed E-state index contributed by atoms with van der Waals surface area (Å²) < 4.78 is 16.4. The average Bonchev–Trinajstić information content (AvgIpc) is 3.30. The van der Waals surface area contributed by atoms with E-state index in [9.17, 15) is 9.59 Å². The molecule has 7 nitrogen and oxygen atoms in total. The highest BCUT2D eigenvalue weighted by Gasteiger charge is 2.32. The van der Waals surface area contributed by atoms with Gasteiger partial charge in [0.15, 0.2) is 5.13 Å². The Bertz CT molecular complexity index is 1010. The maximum Gasteiger partial charge on any atom is 0.342 e. The number of hydrogen-bond acceptors (Lipinski definition) is 7. The molecule has 0 bridgehead atoms. The van der Waals surface area contributed by atoms with E-state index in [4.69, 9.17) is 14.2 Å². The molecule has 160 valence electrons. The number of ether oxygens (including phenoxy) is 3. The molecule has 0 saturated carbocycles. The van der Waals surface area contributed by atoms with Crippen LogP contribution in [0.1, 0.15) is 51.7 Å². The molecule has 1 aromatic heterocycles. The molecule has 0 fully saturated rings. The number of cyclic esters (lactones) is 1.